The van der Waals surface area contributed by atoms with E-state index in [0.717, 1.165) is 17.3 Å². The fourth-order valence-electron chi connectivity index (χ4n) is 8.28. The maximum Gasteiger partial charge on any atom is 0.243 e. The number of hydrogen-bond acceptors (Lipinski definition) is 10. The van der Waals surface area contributed by atoms with Gasteiger partial charge in [0.05, 0.1) is 0 Å². The summed E-state index contributed by atoms with van der Waals surface area (Å²) in [5, 5.41) is 32.7. The number of nitrogens with two attached hydrogens (primary N) is 2. The number of para-hydroxylation sites is 1. The first-order chi connectivity index (χ1) is 34.5. The lowest BCUT2D eigenvalue weighted by Crippen LogP contribution is -2.60. The molecule has 0 unspecified atom stereocenters. The van der Waals surface area contributed by atoms with E-state index in [1.54, 1.807) is 36.5 Å². The molecule has 392 valence electrons. The summed E-state index contributed by atoms with van der Waals surface area (Å²) in [6.07, 6.45) is 4.71. The maximum absolute atomic E-state index is 14.5. The van der Waals surface area contributed by atoms with Crippen LogP contribution < -0.4 is 59.3 Å². The molecule has 22 heteroatoms. The van der Waals surface area contributed by atoms with Gasteiger partial charge in [-0.05, 0) is 55.7 Å². The van der Waals surface area contributed by atoms with E-state index in [0.29, 0.717) is 36.8 Å². The third kappa shape index (κ3) is 19.0. The number of unbranched alkanes of at least 4 members (excludes halogenated alkanes) is 3. The van der Waals surface area contributed by atoms with Crippen LogP contribution in [0.1, 0.15) is 109 Å². The average molecular weight is 1000 g/mol. The van der Waals surface area contributed by atoms with Gasteiger partial charge in [-0.2, -0.15) is 0 Å². The third-order valence-electron chi connectivity index (χ3n) is 12.2. The smallest absolute Gasteiger partial charge is 0.243 e. The molecule has 4 rings (SSSR count). The van der Waals surface area contributed by atoms with Gasteiger partial charge in [-0.25, -0.2) is 0 Å². The zero-order valence-electron chi connectivity index (χ0n) is 41.5. The minimum absolute atomic E-state index is 0.00620. The Kier molecular flexibility index (Phi) is 23.5. The quantitative estimate of drug-likeness (QED) is 0.0388. The highest BCUT2D eigenvalue weighted by molar-refractivity contribution is 5.98. The number of amides is 9. The van der Waals surface area contributed by atoms with Crippen molar-refractivity contribution < 1.29 is 43.2 Å². The summed E-state index contributed by atoms with van der Waals surface area (Å²) in [6.45, 7) is 5.08. The van der Waals surface area contributed by atoms with Gasteiger partial charge in [-0.3, -0.25) is 48.6 Å². The van der Waals surface area contributed by atoms with Crippen molar-refractivity contribution >= 4 is 70.0 Å². The van der Waals surface area contributed by atoms with Gasteiger partial charge >= 0.3 is 0 Å². The van der Waals surface area contributed by atoms with Crippen molar-refractivity contribution in [3.63, 3.8) is 0 Å². The van der Waals surface area contributed by atoms with Crippen LogP contribution in [0, 0.1) is 5.41 Å². The molecule has 0 spiro atoms. The fourth-order valence-corrected chi connectivity index (χ4v) is 8.28. The van der Waals surface area contributed by atoms with Crippen molar-refractivity contribution in [2.45, 2.75) is 153 Å². The normalized spacial score (nSPS) is 20.3. The number of guanidine groups is 1. The van der Waals surface area contributed by atoms with Gasteiger partial charge in [0.2, 0.25) is 53.2 Å². The Morgan fingerprint density at radius 1 is 0.736 bits per heavy atom. The molecule has 0 aliphatic carbocycles. The predicted octanol–water partition coefficient (Wildman–Crippen LogP) is 0.186. The molecule has 2 heterocycles. The van der Waals surface area contributed by atoms with Crippen molar-refractivity contribution in [1.82, 2.24) is 52.8 Å². The molecule has 72 heavy (non-hydrogen) atoms. The number of primary amides is 1. The molecule has 15 N–H and O–H groups in total. The summed E-state index contributed by atoms with van der Waals surface area (Å²) in [7, 11) is 0. The van der Waals surface area contributed by atoms with Gasteiger partial charge < -0.3 is 64.3 Å². The van der Waals surface area contributed by atoms with Crippen LogP contribution in [0.25, 0.3) is 10.9 Å². The molecule has 1 aliphatic rings. The van der Waals surface area contributed by atoms with Crippen LogP contribution >= 0.6 is 0 Å². The Bertz CT molecular complexity index is 2340. The number of nitrogens with one attached hydrogen (secondary N) is 11. The van der Waals surface area contributed by atoms with Gasteiger partial charge in [0.25, 0.3) is 0 Å². The molecule has 0 bridgehead atoms. The number of aromatic nitrogens is 1. The van der Waals surface area contributed by atoms with E-state index in [1.807, 2.05) is 38.1 Å². The SMILES string of the molecule is CCCCC[C@@H]1NC(=O)[C@@H](NC(=O)[C@H](CCCC)NC(C)=O)CCC(=O)NCC[C@@H](C(=O)N[C@@H](Cc2c[nH]c3ccccc23)C(N)=O)NC(=O)[C@H](CCCNC(=N)N)NC(=O)[C@@H](Cc2ccccc2)NC1=O. The second-order valence-electron chi connectivity index (χ2n) is 18.1. The fraction of sp³-hybridized carbons (Fsp3) is 0.520. The Labute approximate surface area is 419 Å². The van der Waals surface area contributed by atoms with E-state index in [4.69, 9.17) is 16.9 Å². The van der Waals surface area contributed by atoms with Crippen LogP contribution in [-0.2, 0) is 56.0 Å². The Balaban J connectivity index is 1.74. The second-order valence-corrected chi connectivity index (χ2v) is 18.1. The molecule has 2 aromatic carbocycles. The molecule has 1 saturated heterocycles. The number of carbonyl (C=O) groups excluding carboxylic acids is 9. The minimum atomic E-state index is -1.42. The summed E-state index contributed by atoms with van der Waals surface area (Å²) in [6, 6.07) is 7.26. The first-order valence-electron chi connectivity index (χ1n) is 24.8. The first kappa shape index (κ1) is 57.1. The maximum atomic E-state index is 14.5. The predicted molar refractivity (Wildman–Crippen MR) is 270 cm³/mol. The summed E-state index contributed by atoms with van der Waals surface area (Å²) >= 11 is 0. The zero-order valence-corrected chi connectivity index (χ0v) is 41.5. The minimum Gasteiger partial charge on any atom is -0.370 e. The lowest BCUT2D eigenvalue weighted by Gasteiger charge is -2.28. The van der Waals surface area contributed by atoms with E-state index < -0.39 is 95.5 Å². The molecule has 9 amide bonds. The monoisotopic (exact) mass is 1000 g/mol. The number of fused-ring (bicyclic) bond motifs is 1. The molecule has 22 nitrogen and oxygen atoms in total. The largest absolute Gasteiger partial charge is 0.370 e. The van der Waals surface area contributed by atoms with E-state index >= 15 is 0 Å². The van der Waals surface area contributed by atoms with Crippen molar-refractivity contribution in [2.24, 2.45) is 11.5 Å². The molecular weight excluding hydrogens is 927 g/mol. The van der Waals surface area contributed by atoms with Gasteiger partial charge in [0.1, 0.15) is 42.3 Å². The second kappa shape index (κ2) is 29.6. The van der Waals surface area contributed by atoms with E-state index in [9.17, 15) is 43.2 Å². The van der Waals surface area contributed by atoms with Crippen molar-refractivity contribution in [3.8, 4) is 0 Å². The highest BCUT2D eigenvalue weighted by Crippen LogP contribution is 2.19. The highest BCUT2D eigenvalue weighted by atomic mass is 16.2. The van der Waals surface area contributed by atoms with Crippen LogP contribution in [0.15, 0.2) is 60.8 Å². The van der Waals surface area contributed by atoms with Crippen LogP contribution in [0.5, 0.6) is 0 Å². The molecule has 0 radical (unpaired) electrons. The molecular formula is C50H73N13O9. The number of H-pyrrole nitrogens is 1. The first-order valence-corrected chi connectivity index (χ1v) is 24.8. The van der Waals surface area contributed by atoms with Crippen LogP contribution in [0.2, 0.25) is 0 Å². The lowest BCUT2D eigenvalue weighted by molar-refractivity contribution is -0.136. The van der Waals surface area contributed by atoms with Gasteiger partial charge in [0, 0.05) is 56.4 Å². The standard InChI is InChI=1S/C50H73N13O9/c1-4-6-9-20-36-46(69)63-41(27-31-15-10-8-11-16-31)49(72)59-37(21-14-25-55-50(52)53)45(68)61-39(48(71)62-40(43(51)66)28-32-29-56-34-19-13-12-17-33(32)34)24-26-54-42(65)23-22-38(47(70)58-36)60-44(67)35(18-7-5-2)57-30(3)64/h8,10-13,15-17,19,29,35-41,56H,4-7,9,14,18,20-28H2,1-3H3,(H2,51,66)(H,54,65)(H,57,64)(H,58,70)(H,59,72)(H,60,67)(H,61,68)(H,62,71)(H,63,69)(H4,52,53,55)/t35-,36-,37-,38-,39-,40-,41+/m0/s1. The molecule has 3 aromatic rings. The van der Waals surface area contributed by atoms with Crippen molar-refractivity contribution in [2.75, 3.05) is 13.1 Å². The van der Waals surface area contributed by atoms with Gasteiger partial charge in [-0.15, -0.1) is 0 Å². The average Bonchev–Trinajstić information content (AvgIpc) is 3.75. The van der Waals surface area contributed by atoms with Crippen LogP contribution in [0.4, 0.5) is 0 Å². The summed E-state index contributed by atoms with van der Waals surface area (Å²) < 4.78 is 0. The summed E-state index contributed by atoms with van der Waals surface area (Å²) in [5.74, 6) is -6.81. The molecule has 1 aromatic heterocycles. The van der Waals surface area contributed by atoms with Gasteiger partial charge in [-0.1, -0.05) is 94.5 Å². The highest BCUT2D eigenvalue weighted by Gasteiger charge is 2.35. The molecule has 1 aliphatic heterocycles. The number of carbonyl (C=O) groups is 9. The van der Waals surface area contributed by atoms with Gasteiger partial charge in [0.15, 0.2) is 5.96 Å². The summed E-state index contributed by atoms with van der Waals surface area (Å²) in [4.78, 5) is 127. The topological polar surface area (TPSA) is 354 Å². The number of rotatable bonds is 21. The third-order valence-corrected chi connectivity index (χ3v) is 12.2. The van der Waals surface area contributed by atoms with Crippen LogP contribution in [-0.4, -0.2) is 119 Å². The van der Waals surface area contributed by atoms with Crippen LogP contribution in [0.3, 0.4) is 0 Å². The van der Waals surface area contributed by atoms with E-state index in [1.165, 1.54) is 6.92 Å². The zero-order chi connectivity index (χ0) is 52.6. The van der Waals surface area contributed by atoms with Crippen molar-refractivity contribution in [1.29, 1.82) is 5.41 Å². The number of hydrogen-bond donors (Lipinski definition) is 13. The Hall–Kier alpha value is -7.52. The number of benzene rings is 2. The Morgan fingerprint density at radius 2 is 1.38 bits per heavy atom. The Morgan fingerprint density at radius 3 is 2.06 bits per heavy atom. The molecule has 7 atom stereocenters. The molecule has 0 saturated carbocycles. The molecule has 1 fully saturated rings. The lowest BCUT2D eigenvalue weighted by atomic mass is 10.0. The van der Waals surface area contributed by atoms with Crippen molar-refractivity contribution in [3.05, 3.63) is 71.9 Å². The van der Waals surface area contributed by atoms with E-state index in [2.05, 4.69) is 52.8 Å². The number of aromatic amines is 1. The van der Waals surface area contributed by atoms with E-state index in [-0.39, 0.29) is 76.8 Å². The summed E-state index contributed by atoms with van der Waals surface area (Å²) in [5.41, 5.74) is 13.5.